The minimum Gasteiger partial charge on any atom is -0.329 e. The number of hydrogen-bond donors (Lipinski definition) is 1. The van der Waals surface area contributed by atoms with Crippen LogP contribution in [0, 0.1) is 13.8 Å². The molecule has 0 atom stereocenters. The van der Waals surface area contributed by atoms with E-state index >= 15 is 0 Å². The van der Waals surface area contributed by atoms with E-state index in [1.54, 1.807) is 11.3 Å². The minimum absolute atomic E-state index is 0.947. The van der Waals surface area contributed by atoms with Gasteiger partial charge in [-0.25, -0.2) is 4.98 Å². The van der Waals surface area contributed by atoms with E-state index in [1.807, 2.05) is 6.33 Å². The standard InChI is InChI=1S/C16H19N3S/c1-12-8-15-16(9-13(12)2)19(11-18-15)6-5-17-10-14-4-3-7-20-14/h3-4,7-9,11,17H,5-6,10H2,1-2H3. The first-order valence-corrected chi connectivity index (χ1v) is 7.77. The SMILES string of the molecule is Cc1cc2ncn(CCNCc3cccs3)c2cc1C. The number of aryl methyl sites for hydroxylation is 2. The molecule has 2 aromatic heterocycles. The van der Waals surface area contributed by atoms with Gasteiger partial charge in [0.2, 0.25) is 0 Å². The Labute approximate surface area is 123 Å². The first kappa shape index (κ1) is 13.3. The first-order valence-electron chi connectivity index (χ1n) is 6.89. The van der Waals surface area contributed by atoms with E-state index in [1.165, 1.54) is 21.5 Å². The van der Waals surface area contributed by atoms with Crippen molar-refractivity contribution in [2.24, 2.45) is 0 Å². The maximum absolute atomic E-state index is 4.49. The zero-order valence-corrected chi connectivity index (χ0v) is 12.7. The van der Waals surface area contributed by atoms with Crippen LogP contribution in [0.3, 0.4) is 0 Å². The Balaban J connectivity index is 1.64. The number of hydrogen-bond acceptors (Lipinski definition) is 3. The lowest BCUT2D eigenvalue weighted by Crippen LogP contribution is -2.18. The second-order valence-electron chi connectivity index (χ2n) is 5.12. The Morgan fingerprint density at radius 3 is 2.90 bits per heavy atom. The van der Waals surface area contributed by atoms with E-state index in [9.17, 15) is 0 Å². The molecule has 0 amide bonds. The highest BCUT2D eigenvalue weighted by molar-refractivity contribution is 7.09. The molecule has 0 spiro atoms. The van der Waals surface area contributed by atoms with Crippen LogP contribution in [-0.2, 0) is 13.1 Å². The monoisotopic (exact) mass is 285 g/mol. The second-order valence-corrected chi connectivity index (χ2v) is 6.15. The van der Waals surface area contributed by atoms with Gasteiger partial charge in [0, 0.05) is 24.5 Å². The van der Waals surface area contributed by atoms with Gasteiger partial charge in [0.15, 0.2) is 0 Å². The molecule has 1 aromatic carbocycles. The Hall–Kier alpha value is -1.65. The molecule has 3 nitrogen and oxygen atoms in total. The summed E-state index contributed by atoms with van der Waals surface area (Å²) in [5.74, 6) is 0. The van der Waals surface area contributed by atoms with Crippen molar-refractivity contribution in [2.75, 3.05) is 6.54 Å². The van der Waals surface area contributed by atoms with E-state index in [0.29, 0.717) is 0 Å². The third kappa shape index (κ3) is 2.76. The van der Waals surface area contributed by atoms with E-state index in [2.05, 4.69) is 58.4 Å². The van der Waals surface area contributed by atoms with Gasteiger partial charge in [-0.2, -0.15) is 0 Å². The molecular weight excluding hydrogens is 266 g/mol. The van der Waals surface area contributed by atoms with Gasteiger partial charge >= 0.3 is 0 Å². The van der Waals surface area contributed by atoms with Crippen molar-refractivity contribution in [3.63, 3.8) is 0 Å². The number of benzene rings is 1. The highest BCUT2D eigenvalue weighted by atomic mass is 32.1. The van der Waals surface area contributed by atoms with Gasteiger partial charge in [-0.3, -0.25) is 0 Å². The summed E-state index contributed by atoms with van der Waals surface area (Å²) in [6.45, 7) is 7.14. The molecule has 0 fully saturated rings. The summed E-state index contributed by atoms with van der Waals surface area (Å²) >= 11 is 1.80. The topological polar surface area (TPSA) is 29.9 Å². The van der Waals surface area contributed by atoms with Crippen molar-refractivity contribution >= 4 is 22.4 Å². The molecule has 2 heterocycles. The summed E-state index contributed by atoms with van der Waals surface area (Å²) in [4.78, 5) is 5.87. The normalized spacial score (nSPS) is 11.3. The van der Waals surface area contributed by atoms with Gasteiger partial charge in [0.25, 0.3) is 0 Å². The number of imidazole rings is 1. The molecule has 0 radical (unpaired) electrons. The lowest BCUT2D eigenvalue weighted by atomic mass is 10.1. The maximum atomic E-state index is 4.49. The Morgan fingerprint density at radius 2 is 2.10 bits per heavy atom. The third-order valence-electron chi connectivity index (χ3n) is 3.65. The largest absolute Gasteiger partial charge is 0.329 e. The average molecular weight is 285 g/mol. The molecule has 4 heteroatoms. The summed E-state index contributed by atoms with van der Waals surface area (Å²) in [6, 6.07) is 8.66. The summed E-state index contributed by atoms with van der Waals surface area (Å²) in [5.41, 5.74) is 4.95. The number of aromatic nitrogens is 2. The quantitative estimate of drug-likeness (QED) is 0.727. The molecule has 20 heavy (non-hydrogen) atoms. The molecule has 3 rings (SSSR count). The van der Waals surface area contributed by atoms with Gasteiger partial charge in [-0.15, -0.1) is 11.3 Å². The van der Waals surface area contributed by atoms with Gasteiger partial charge < -0.3 is 9.88 Å². The van der Waals surface area contributed by atoms with Gasteiger partial charge in [0.1, 0.15) is 0 Å². The molecule has 0 unspecified atom stereocenters. The van der Waals surface area contributed by atoms with Gasteiger partial charge in [-0.1, -0.05) is 6.07 Å². The number of thiophene rings is 1. The molecule has 0 aliphatic heterocycles. The Kier molecular flexibility index (Phi) is 3.85. The zero-order valence-electron chi connectivity index (χ0n) is 11.9. The van der Waals surface area contributed by atoms with Crippen LogP contribution in [0.4, 0.5) is 0 Å². The predicted octanol–water partition coefficient (Wildman–Crippen LogP) is 3.50. The Morgan fingerprint density at radius 1 is 1.25 bits per heavy atom. The second kappa shape index (κ2) is 5.77. The van der Waals surface area contributed by atoms with Crippen LogP contribution >= 0.6 is 11.3 Å². The van der Waals surface area contributed by atoms with E-state index in [0.717, 1.165) is 25.2 Å². The van der Waals surface area contributed by atoms with Crippen LogP contribution in [0.25, 0.3) is 11.0 Å². The molecule has 0 saturated heterocycles. The van der Waals surface area contributed by atoms with Gasteiger partial charge in [0.05, 0.1) is 17.4 Å². The molecule has 0 aliphatic carbocycles. The van der Waals surface area contributed by atoms with E-state index in [4.69, 9.17) is 0 Å². The Bertz CT molecular complexity index is 698. The lowest BCUT2D eigenvalue weighted by molar-refractivity contribution is 0.610. The summed E-state index contributed by atoms with van der Waals surface area (Å²) in [7, 11) is 0. The van der Waals surface area contributed by atoms with Crippen LogP contribution in [-0.4, -0.2) is 16.1 Å². The van der Waals surface area contributed by atoms with E-state index < -0.39 is 0 Å². The molecule has 1 N–H and O–H groups in total. The fraction of sp³-hybridized carbons (Fsp3) is 0.312. The van der Waals surface area contributed by atoms with Crippen molar-refractivity contribution < 1.29 is 0 Å². The smallest absolute Gasteiger partial charge is 0.0958 e. The van der Waals surface area contributed by atoms with Crippen LogP contribution in [0.2, 0.25) is 0 Å². The van der Waals surface area contributed by atoms with Crippen molar-refractivity contribution in [1.82, 2.24) is 14.9 Å². The van der Waals surface area contributed by atoms with Gasteiger partial charge in [-0.05, 0) is 48.6 Å². The molecular formula is C16H19N3S. The van der Waals surface area contributed by atoms with Crippen LogP contribution in [0.1, 0.15) is 16.0 Å². The fourth-order valence-corrected chi connectivity index (χ4v) is 2.99. The third-order valence-corrected chi connectivity index (χ3v) is 4.52. The fourth-order valence-electron chi connectivity index (χ4n) is 2.32. The predicted molar refractivity (Wildman–Crippen MR) is 85.2 cm³/mol. The molecule has 3 aromatic rings. The molecule has 0 saturated carbocycles. The highest BCUT2D eigenvalue weighted by Crippen LogP contribution is 2.18. The highest BCUT2D eigenvalue weighted by Gasteiger charge is 2.04. The molecule has 0 aliphatic rings. The number of fused-ring (bicyclic) bond motifs is 1. The number of nitrogens with zero attached hydrogens (tertiary/aromatic N) is 2. The maximum Gasteiger partial charge on any atom is 0.0958 e. The zero-order chi connectivity index (χ0) is 13.9. The van der Waals surface area contributed by atoms with Crippen LogP contribution < -0.4 is 5.32 Å². The lowest BCUT2D eigenvalue weighted by Gasteiger charge is -2.07. The van der Waals surface area contributed by atoms with Crippen molar-refractivity contribution in [3.8, 4) is 0 Å². The van der Waals surface area contributed by atoms with Crippen LogP contribution in [0.5, 0.6) is 0 Å². The number of rotatable bonds is 5. The first-order chi connectivity index (χ1) is 9.74. The minimum atomic E-state index is 0.947. The summed E-state index contributed by atoms with van der Waals surface area (Å²) in [6.07, 6.45) is 1.94. The number of nitrogens with one attached hydrogen (secondary N) is 1. The van der Waals surface area contributed by atoms with Crippen LogP contribution in [0.15, 0.2) is 36.0 Å². The summed E-state index contributed by atoms with van der Waals surface area (Å²) in [5, 5.41) is 5.60. The van der Waals surface area contributed by atoms with Crippen molar-refractivity contribution in [1.29, 1.82) is 0 Å². The van der Waals surface area contributed by atoms with Crippen molar-refractivity contribution in [3.05, 3.63) is 52.0 Å². The molecule has 104 valence electrons. The van der Waals surface area contributed by atoms with E-state index in [-0.39, 0.29) is 0 Å². The average Bonchev–Trinajstić information content (AvgIpc) is 3.06. The molecule has 0 bridgehead atoms. The summed E-state index contributed by atoms with van der Waals surface area (Å²) < 4.78 is 2.23. The van der Waals surface area contributed by atoms with Crippen molar-refractivity contribution in [2.45, 2.75) is 26.9 Å².